The van der Waals surface area contributed by atoms with Gasteiger partial charge in [0.25, 0.3) is 11.8 Å². The van der Waals surface area contributed by atoms with Gasteiger partial charge in [-0.3, -0.25) is 14.4 Å². The number of amides is 3. The summed E-state index contributed by atoms with van der Waals surface area (Å²) >= 11 is 0. The summed E-state index contributed by atoms with van der Waals surface area (Å²) in [5, 5.41) is 6.11. The first-order valence-corrected chi connectivity index (χ1v) is 13.9. The van der Waals surface area contributed by atoms with E-state index in [1.807, 2.05) is 0 Å². The first-order valence-electron chi connectivity index (χ1n) is 13.9. The number of benzene rings is 1. The second-order valence-electron chi connectivity index (χ2n) is 10.8. The first kappa shape index (κ1) is 28.5. The molecule has 3 aliphatic rings. The Balaban J connectivity index is 1.35. The summed E-state index contributed by atoms with van der Waals surface area (Å²) < 4.78 is 35.3. The number of nitrogens with zero attached hydrogens (tertiary/aromatic N) is 5. The molecule has 3 amide bonds. The summed E-state index contributed by atoms with van der Waals surface area (Å²) in [6.45, 7) is 2.01. The summed E-state index contributed by atoms with van der Waals surface area (Å²) in [6.07, 6.45) is 6.08. The van der Waals surface area contributed by atoms with Crippen LogP contribution in [-0.2, 0) is 9.59 Å². The average molecular weight is 572 g/mol. The number of carbonyl (C=O) groups is 3. The Kier molecular flexibility index (Phi) is 7.96. The van der Waals surface area contributed by atoms with Crippen LogP contribution >= 0.6 is 0 Å². The number of aromatic nitrogens is 2. The number of hydrogen-bond acceptors (Lipinski definition) is 8. The number of fused-ring (bicyclic) bond motifs is 1. The smallest absolute Gasteiger partial charge is 0.342 e. The number of ether oxygens (including phenoxy) is 1. The number of rotatable bonds is 6. The summed E-state index contributed by atoms with van der Waals surface area (Å²) in [6, 6.07) is 4.73. The van der Waals surface area contributed by atoms with Crippen molar-refractivity contribution < 1.29 is 27.9 Å². The Bertz CT molecular complexity index is 1330. The van der Waals surface area contributed by atoms with Crippen LogP contribution in [0.2, 0.25) is 0 Å². The Morgan fingerprint density at radius 3 is 2.49 bits per heavy atom. The van der Waals surface area contributed by atoms with Gasteiger partial charge in [0.05, 0.1) is 25.5 Å². The largest absolute Gasteiger partial charge is 0.495 e. The molecule has 0 spiro atoms. The maximum atomic E-state index is 14.9. The minimum atomic E-state index is -3.56. The highest BCUT2D eigenvalue weighted by Gasteiger charge is 2.48. The molecule has 1 saturated carbocycles. The fraction of sp³-hybridized carbons (Fsp3) is 0.536. The van der Waals surface area contributed by atoms with E-state index in [1.165, 1.54) is 20.4 Å². The third-order valence-corrected chi connectivity index (χ3v) is 8.12. The Morgan fingerprint density at radius 1 is 1.12 bits per heavy atom. The zero-order valence-electron chi connectivity index (χ0n) is 23.5. The van der Waals surface area contributed by atoms with E-state index in [0.29, 0.717) is 42.9 Å². The summed E-state index contributed by atoms with van der Waals surface area (Å²) in [4.78, 5) is 50.1. The van der Waals surface area contributed by atoms with Gasteiger partial charge >= 0.3 is 5.92 Å². The Hall–Kier alpha value is -4.03. The fourth-order valence-electron chi connectivity index (χ4n) is 5.77. The lowest BCUT2D eigenvalue weighted by Crippen LogP contribution is -2.48. The molecule has 0 bridgehead atoms. The number of alkyl halides is 2. The minimum absolute atomic E-state index is 0.0323. The van der Waals surface area contributed by atoms with Crippen molar-refractivity contribution in [2.75, 3.05) is 48.9 Å². The van der Waals surface area contributed by atoms with Crippen molar-refractivity contribution >= 4 is 40.9 Å². The molecule has 5 rings (SSSR count). The van der Waals surface area contributed by atoms with Crippen molar-refractivity contribution in [1.82, 2.24) is 20.2 Å². The molecule has 1 aromatic heterocycles. The Labute approximate surface area is 237 Å². The number of carbonyl (C=O) groups excluding carboxylic acids is 3. The van der Waals surface area contributed by atoms with Crippen LogP contribution in [0.1, 0.15) is 55.8 Å². The third kappa shape index (κ3) is 5.89. The molecule has 1 aliphatic carbocycles. The second-order valence-corrected chi connectivity index (χ2v) is 10.8. The van der Waals surface area contributed by atoms with Crippen LogP contribution in [0.5, 0.6) is 5.75 Å². The van der Waals surface area contributed by atoms with E-state index in [9.17, 15) is 23.2 Å². The van der Waals surface area contributed by atoms with Crippen LogP contribution in [-0.4, -0.2) is 84.4 Å². The summed E-state index contributed by atoms with van der Waals surface area (Å²) in [5.74, 6) is -4.28. The minimum Gasteiger partial charge on any atom is -0.495 e. The maximum absolute atomic E-state index is 14.9. The molecule has 1 saturated heterocycles. The molecular weight excluding hydrogens is 536 g/mol. The van der Waals surface area contributed by atoms with E-state index in [0.717, 1.165) is 30.6 Å². The molecule has 2 N–H and O–H groups in total. The van der Waals surface area contributed by atoms with Crippen LogP contribution in [0.4, 0.5) is 31.9 Å². The lowest BCUT2D eigenvalue weighted by Gasteiger charge is -2.31. The zero-order chi connectivity index (χ0) is 29.3. The lowest BCUT2D eigenvalue weighted by atomic mass is 10.0. The second kappa shape index (κ2) is 11.5. The van der Waals surface area contributed by atoms with Gasteiger partial charge in [0.1, 0.15) is 11.4 Å². The molecule has 13 heteroatoms. The lowest BCUT2D eigenvalue weighted by molar-refractivity contribution is -0.140. The third-order valence-electron chi connectivity index (χ3n) is 8.12. The molecule has 2 aromatic rings. The number of halogens is 2. The summed E-state index contributed by atoms with van der Waals surface area (Å²) in [7, 11) is 2.78. The predicted octanol–water partition coefficient (Wildman–Crippen LogP) is 3.33. The zero-order valence-corrected chi connectivity index (χ0v) is 23.5. The quantitative estimate of drug-likeness (QED) is 0.542. The molecule has 11 nitrogen and oxygen atoms in total. The number of hydrogen-bond donors (Lipinski definition) is 2. The van der Waals surface area contributed by atoms with Gasteiger partial charge in [-0.15, -0.1) is 0 Å². The number of anilines is 4. The van der Waals surface area contributed by atoms with E-state index >= 15 is 0 Å². The molecule has 0 unspecified atom stereocenters. The highest BCUT2D eigenvalue weighted by atomic mass is 19.3. The van der Waals surface area contributed by atoms with E-state index in [4.69, 9.17) is 4.74 Å². The molecule has 220 valence electrons. The SMILES string of the molecule is COc1cc(C(=O)NC2CCN(C(C)=O)CC2)ccc1Nc1ncc2c(n1)N(C1CCCC1)CC(F)(F)C(=O)N2C. The number of nitrogens with one attached hydrogen (secondary N) is 2. The monoisotopic (exact) mass is 571 g/mol. The first-order chi connectivity index (χ1) is 19.6. The standard InChI is InChI=1S/C28H35F2N7O4/c1-17(38)36-12-10-19(11-13-36)32-25(39)18-8-9-21(23(14-18)41-3)33-27-31-15-22-24(34-27)37(20-6-4-5-7-20)16-28(29,30)26(40)35(22)2/h8-9,14-15,19-20H,4-7,10-13,16H2,1-3H3,(H,32,39)(H,31,33,34). The van der Waals surface area contributed by atoms with Gasteiger partial charge in [-0.05, 0) is 43.9 Å². The molecular formula is C28H35F2N7O4. The Morgan fingerprint density at radius 2 is 1.83 bits per heavy atom. The predicted molar refractivity (Wildman–Crippen MR) is 149 cm³/mol. The van der Waals surface area contributed by atoms with Gasteiger partial charge in [-0.1, -0.05) is 12.8 Å². The van der Waals surface area contributed by atoms with E-state index < -0.39 is 18.4 Å². The molecule has 2 aliphatic heterocycles. The van der Waals surface area contributed by atoms with Crippen molar-refractivity contribution in [3.8, 4) is 5.75 Å². The van der Waals surface area contributed by atoms with Crippen LogP contribution in [0.25, 0.3) is 0 Å². The number of methoxy groups -OCH3 is 1. The highest BCUT2D eigenvalue weighted by Crippen LogP contribution is 2.40. The molecule has 0 atom stereocenters. The molecule has 2 fully saturated rings. The van der Waals surface area contributed by atoms with E-state index in [1.54, 1.807) is 34.9 Å². The normalized spacial score (nSPS) is 19.5. The van der Waals surface area contributed by atoms with Crippen molar-refractivity contribution in [3.05, 3.63) is 30.0 Å². The van der Waals surface area contributed by atoms with Crippen LogP contribution in [0.15, 0.2) is 24.4 Å². The molecule has 1 aromatic carbocycles. The van der Waals surface area contributed by atoms with E-state index in [-0.39, 0.29) is 41.4 Å². The van der Waals surface area contributed by atoms with Crippen molar-refractivity contribution in [2.45, 2.75) is 63.5 Å². The summed E-state index contributed by atoms with van der Waals surface area (Å²) in [5.41, 5.74) is 1.10. The van der Waals surface area contributed by atoms with E-state index in [2.05, 4.69) is 20.6 Å². The average Bonchev–Trinajstić information content (AvgIpc) is 3.48. The van der Waals surface area contributed by atoms with Gasteiger partial charge in [-0.25, -0.2) is 4.98 Å². The van der Waals surface area contributed by atoms with Gasteiger partial charge in [0, 0.05) is 44.7 Å². The topological polar surface area (TPSA) is 120 Å². The van der Waals surface area contributed by atoms with Crippen LogP contribution in [0.3, 0.4) is 0 Å². The van der Waals surface area contributed by atoms with Gasteiger partial charge in [-0.2, -0.15) is 13.8 Å². The van der Waals surface area contributed by atoms with Gasteiger partial charge < -0.3 is 30.1 Å². The van der Waals surface area contributed by atoms with Crippen molar-refractivity contribution in [3.63, 3.8) is 0 Å². The maximum Gasteiger partial charge on any atom is 0.342 e. The number of piperidine rings is 1. The fourth-order valence-corrected chi connectivity index (χ4v) is 5.77. The molecule has 3 heterocycles. The molecule has 0 radical (unpaired) electrons. The van der Waals surface area contributed by atoms with Gasteiger partial charge in [0.15, 0.2) is 5.82 Å². The van der Waals surface area contributed by atoms with Crippen molar-refractivity contribution in [1.29, 1.82) is 0 Å². The molecule has 41 heavy (non-hydrogen) atoms. The van der Waals surface area contributed by atoms with Crippen LogP contribution in [0, 0.1) is 0 Å². The van der Waals surface area contributed by atoms with Gasteiger partial charge in [0.2, 0.25) is 11.9 Å². The van der Waals surface area contributed by atoms with Crippen molar-refractivity contribution in [2.24, 2.45) is 0 Å². The highest BCUT2D eigenvalue weighted by molar-refractivity contribution is 6.02. The van der Waals surface area contributed by atoms with Crippen LogP contribution < -0.4 is 25.2 Å². The number of likely N-dealkylation sites (tertiary alicyclic amines) is 1.